The SMILES string of the molecule is COc1ccccc1NC(C(=O)c1c[nH]c2ccc(C(=O)O)cc12)c1ccccc1. The maximum atomic E-state index is 13.6. The maximum Gasteiger partial charge on any atom is 0.335 e. The fourth-order valence-electron chi connectivity index (χ4n) is 3.48. The highest BCUT2D eigenvalue weighted by Gasteiger charge is 2.25. The molecule has 4 rings (SSSR count). The number of H-pyrrole nitrogens is 1. The summed E-state index contributed by atoms with van der Waals surface area (Å²) in [5.41, 5.74) is 2.73. The summed E-state index contributed by atoms with van der Waals surface area (Å²) in [5.74, 6) is -0.595. The van der Waals surface area contributed by atoms with E-state index in [1.165, 1.54) is 12.1 Å². The molecule has 0 amide bonds. The highest BCUT2D eigenvalue weighted by molar-refractivity contribution is 6.12. The molecule has 1 unspecified atom stereocenters. The Balaban J connectivity index is 1.79. The van der Waals surface area contributed by atoms with Crippen molar-refractivity contribution in [1.82, 2.24) is 4.98 Å². The fraction of sp³-hybridized carbons (Fsp3) is 0.0833. The van der Waals surface area contributed by atoms with E-state index < -0.39 is 12.0 Å². The molecule has 150 valence electrons. The Kier molecular flexibility index (Phi) is 5.22. The summed E-state index contributed by atoms with van der Waals surface area (Å²) in [6.45, 7) is 0. The summed E-state index contributed by atoms with van der Waals surface area (Å²) in [5, 5.41) is 13.2. The first kappa shape index (κ1) is 19.3. The van der Waals surface area contributed by atoms with Crippen LogP contribution in [0.25, 0.3) is 10.9 Å². The Hall–Kier alpha value is -4.06. The predicted octanol–water partition coefficient (Wildman–Crippen LogP) is 4.91. The van der Waals surface area contributed by atoms with Crippen LogP contribution in [0.4, 0.5) is 5.69 Å². The van der Waals surface area contributed by atoms with E-state index in [2.05, 4.69) is 10.3 Å². The van der Waals surface area contributed by atoms with Crippen LogP contribution in [0.1, 0.15) is 32.3 Å². The number of hydrogen-bond donors (Lipinski definition) is 3. The van der Waals surface area contributed by atoms with Crippen LogP contribution in [0, 0.1) is 0 Å². The molecule has 0 aliphatic heterocycles. The molecule has 1 heterocycles. The first-order valence-electron chi connectivity index (χ1n) is 9.41. The van der Waals surface area contributed by atoms with E-state index in [4.69, 9.17) is 4.74 Å². The molecule has 3 aromatic carbocycles. The summed E-state index contributed by atoms with van der Waals surface area (Å²) in [6.07, 6.45) is 1.62. The predicted molar refractivity (Wildman–Crippen MR) is 115 cm³/mol. The molecule has 0 radical (unpaired) electrons. The van der Waals surface area contributed by atoms with Gasteiger partial charge < -0.3 is 20.1 Å². The first-order chi connectivity index (χ1) is 14.6. The summed E-state index contributed by atoms with van der Waals surface area (Å²) >= 11 is 0. The third-order valence-corrected chi connectivity index (χ3v) is 5.00. The Morgan fingerprint density at radius 1 is 1.00 bits per heavy atom. The van der Waals surface area contributed by atoms with Crippen molar-refractivity contribution in [2.24, 2.45) is 0 Å². The monoisotopic (exact) mass is 400 g/mol. The largest absolute Gasteiger partial charge is 0.495 e. The molecule has 4 aromatic rings. The molecule has 0 aliphatic carbocycles. The Morgan fingerprint density at radius 3 is 2.47 bits per heavy atom. The molecule has 0 spiro atoms. The lowest BCUT2D eigenvalue weighted by molar-refractivity contribution is 0.0696. The highest BCUT2D eigenvalue weighted by Crippen LogP contribution is 2.31. The van der Waals surface area contributed by atoms with Crippen molar-refractivity contribution in [2.45, 2.75) is 6.04 Å². The van der Waals surface area contributed by atoms with Crippen molar-refractivity contribution >= 4 is 28.3 Å². The Labute approximate surface area is 173 Å². The lowest BCUT2D eigenvalue weighted by Crippen LogP contribution is -2.21. The molecule has 1 aromatic heterocycles. The van der Waals surface area contributed by atoms with E-state index in [1.54, 1.807) is 19.4 Å². The molecule has 0 aliphatic rings. The molecular formula is C24H20N2O4. The number of rotatable bonds is 7. The van der Waals surface area contributed by atoms with E-state index in [-0.39, 0.29) is 11.3 Å². The number of anilines is 1. The van der Waals surface area contributed by atoms with E-state index in [1.807, 2.05) is 54.6 Å². The zero-order valence-corrected chi connectivity index (χ0v) is 16.3. The second-order valence-electron chi connectivity index (χ2n) is 6.82. The van der Waals surface area contributed by atoms with E-state index >= 15 is 0 Å². The normalized spacial score (nSPS) is 11.8. The van der Waals surface area contributed by atoms with Crippen molar-refractivity contribution in [3.8, 4) is 5.75 Å². The summed E-state index contributed by atoms with van der Waals surface area (Å²) < 4.78 is 5.42. The number of aromatic carboxylic acids is 1. The fourth-order valence-corrected chi connectivity index (χ4v) is 3.48. The van der Waals surface area contributed by atoms with Crippen LogP contribution in [0.15, 0.2) is 79.0 Å². The van der Waals surface area contributed by atoms with Gasteiger partial charge in [0, 0.05) is 22.7 Å². The number of para-hydroxylation sites is 2. The van der Waals surface area contributed by atoms with Gasteiger partial charge in [-0.15, -0.1) is 0 Å². The van der Waals surface area contributed by atoms with Gasteiger partial charge in [0.25, 0.3) is 0 Å². The molecule has 6 heteroatoms. The zero-order valence-electron chi connectivity index (χ0n) is 16.3. The number of carboxylic acids is 1. The standard InChI is InChI=1S/C24H20N2O4/c1-30-21-10-6-5-9-20(21)26-22(15-7-3-2-4-8-15)23(27)18-14-25-19-12-11-16(24(28)29)13-17(18)19/h2-14,22,25-26H,1H3,(H,28,29). The number of carbonyl (C=O) groups excluding carboxylic acids is 1. The van der Waals surface area contributed by atoms with Gasteiger partial charge in [0.15, 0.2) is 5.78 Å². The number of ether oxygens (including phenoxy) is 1. The molecule has 0 saturated carbocycles. The van der Waals surface area contributed by atoms with Gasteiger partial charge in [-0.3, -0.25) is 4.79 Å². The molecular weight excluding hydrogens is 380 g/mol. The number of aromatic nitrogens is 1. The third kappa shape index (κ3) is 3.63. The molecule has 1 atom stereocenters. The number of methoxy groups -OCH3 is 1. The number of nitrogens with one attached hydrogen (secondary N) is 2. The van der Waals surface area contributed by atoms with E-state index in [0.29, 0.717) is 27.9 Å². The van der Waals surface area contributed by atoms with Crippen molar-refractivity contribution in [3.05, 3.63) is 95.7 Å². The smallest absolute Gasteiger partial charge is 0.335 e. The molecule has 0 fully saturated rings. The average Bonchev–Trinajstić information content (AvgIpc) is 3.21. The minimum Gasteiger partial charge on any atom is -0.495 e. The summed E-state index contributed by atoms with van der Waals surface area (Å²) in [6, 6.07) is 20.8. The molecule has 30 heavy (non-hydrogen) atoms. The van der Waals surface area contributed by atoms with Gasteiger partial charge in [0.1, 0.15) is 11.8 Å². The van der Waals surface area contributed by atoms with Crippen molar-refractivity contribution in [3.63, 3.8) is 0 Å². The van der Waals surface area contributed by atoms with Crippen LogP contribution in [0.5, 0.6) is 5.75 Å². The van der Waals surface area contributed by atoms with Crippen molar-refractivity contribution in [2.75, 3.05) is 12.4 Å². The minimum absolute atomic E-state index is 0.130. The number of carboxylic acid groups (broad SMARTS) is 1. The van der Waals surface area contributed by atoms with E-state index in [9.17, 15) is 14.7 Å². The maximum absolute atomic E-state index is 13.6. The number of benzene rings is 3. The third-order valence-electron chi connectivity index (χ3n) is 5.00. The quantitative estimate of drug-likeness (QED) is 0.383. The van der Waals surface area contributed by atoms with Gasteiger partial charge >= 0.3 is 5.97 Å². The second-order valence-corrected chi connectivity index (χ2v) is 6.82. The van der Waals surface area contributed by atoms with Crippen molar-refractivity contribution in [1.29, 1.82) is 0 Å². The number of Topliss-reactive ketones (excluding diaryl/α,β-unsaturated/α-hetero) is 1. The first-order valence-corrected chi connectivity index (χ1v) is 9.41. The number of aromatic amines is 1. The van der Waals surface area contributed by atoms with Crippen LogP contribution in [-0.2, 0) is 0 Å². The van der Waals surface area contributed by atoms with Crippen LogP contribution >= 0.6 is 0 Å². The number of fused-ring (bicyclic) bond motifs is 1. The number of carbonyl (C=O) groups is 2. The van der Waals surface area contributed by atoms with Crippen LogP contribution in [0.3, 0.4) is 0 Å². The summed E-state index contributed by atoms with van der Waals surface area (Å²) in [4.78, 5) is 28.1. The minimum atomic E-state index is -1.04. The summed E-state index contributed by atoms with van der Waals surface area (Å²) in [7, 11) is 1.58. The Morgan fingerprint density at radius 2 is 1.73 bits per heavy atom. The van der Waals surface area contributed by atoms with Crippen LogP contribution in [0.2, 0.25) is 0 Å². The van der Waals surface area contributed by atoms with Crippen molar-refractivity contribution < 1.29 is 19.4 Å². The van der Waals surface area contributed by atoms with Crippen LogP contribution in [-0.4, -0.2) is 29.0 Å². The lowest BCUT2D eigenvalue weighted by Gasteiger charge is -2.21. The number of ketones is 1. The Bertz CT molecular complexity index is 1210. The van der Waals surface area contributed by atoms with Gasteiger partial charge in [-0.25, -0.2) is 4.79 Å². The van der Waals surface area contributed by atoms with E-state index in [0.717, 1.165) is 5.56 Å². The van der Waals surface area contributed by atoms with Gasteiger partial charge in [-0.05, 0) is 35.9 Å². The highest BCUT2D eigenvalue weighted by atomic mass is 16.5. The average molecular weight is 400 g/mol. The van der Waals surface area contributed by atoms with Gasteiger partial charge in [0.2, 0.25) is 0 Å². The van der Waals surface area contributed by atoms with Crippen LogP contribution < -0.4 is 10.1 Å². The molecule has 0 bridgehead atoms. The molecule has 6 nitrogen and oxygen atoms in total. The molecule has 3 N–H and O–H groups in total. The van der Waals surface area contributed by atoms with Gasteiger partial charge in [0.05, 0.1) is 18.4 Å². The second kappa shape index (κ2) is 8.13. The van der Waals surface area contributed by atoms with Gasteiger partial charge in [-0.2, -0.15) is 0 Å². The lowest BCUT2D eigenvalue weighted by atomic mass is 9.96. The topological polar surface area (TPSA) is 91.4 Å². The number of hydrogen-bond acceptors (Lipinski definition) is 4. The zero-order chi connectivity index (χ0) is 21.1. The van der Waals surface area contributed by atoms with Gasteiger partial charge in [-0.1, -0.05) is 42.5 Å². The molecule has 0 saturated heterocycles.